The summed E-state index contributed by atoms with van der Waals surface area (Å²) in [6, 6.07) is 15.0. The third-order valence-electron chi connectivity index (χ3n) is 4.30. The van der Waals surface area contributed by atoms with Gasteiger partial charge >= 0.3 is 7.82 Å². The van der Waals surface area contributed by atoms with Crippen LogP contribution in [-0.2, 0) is 4.57 Å². The molecule has 0 saturated heterocycles. The smallest absolute Gasteiger partial charge is 0.508 e. The van der Waals surface area contributed by atoms with Gasteiger partial charge < -0.3 is 14.7 Å². The van der Waals surface area contributed by atoms with Gasteiger partial charge in [0.25, 0.3) is 0 Å². The summed E-state index contributed by atoms with van der Waals surface area (Å²) < 4.78 is 16.5. The summed E-state index contributed by atoms with van der Waals surface area (Å²) in [6.07, 6.45) is 0. The molecule has 0 bridgehead atoms. The first-order valence-electron chi connectivity index (χ1n) is 8.14. The lowest BCUT2D eigenvalue weighted by atomic mass is 9.90. The fourth-order valence-electron chi connectivity index (χ4n) is 3.09. The molecule has 0 atom stereocenters. The molecule has 0 unspecified atom stereocenters. The van der Waals surface area contributed by atoms with Gasteiger partial charge in [-0.15, -0.1) is 0 Å². The van der Waals surface area contributed by atoms with Crippen molar-refractivity contribution in [2.75, 3.05) is 0 Å². The van der Waals surface area contributed by atoms with E-state index in [2.05, 4.69) is 0 Å². The molecule has 0 amide bonds. The van der Waals surface area contributed by atoms with Gasteiger partial charge in [0.05, 0.1) is 0 Å². The monoisotopic (exact) mass is 386 g/mol. The average molecular weight is 386 g/mol. The van der Waals surface area contributed by atoms with Crippen LogP contribution in [-0.4, -0.2) is 20.0 Å². The number of phosphoric ester groups is 1. The summed E-state index contributed by atoms with van der Waals surface area (Å²) in [5.74, 6) is 0.218. The highest BCUT2D eigenvalue weighted by Crippen LogP contribution is 2.46. The van der Waals surface area contributed by atoms with Crippen molar-refractivity contribution in [3.63, 3.8) is 0 Å². The molecular weight excluding hydrogens is 367 g/mol. The summed E-state index contributed by atoms with van der Waals surface area (Å²) in [4.78, 5) is 18.7. The van der Waals surface area contributed by atoms with E-state index in [4.69, 9.17) is 4.52 Å². The van der Waals surface area contributed by atoms with E-state index < -0.39 is 7.82 Å². The second-order valence-electron chi connectivity index (χ2n) is 6.23. The third kappa shape index (κ3) is 4.14. The van der Waals surface area contributed by atoms with E-state index in [9.17, 15) is 24.6 Å². The van der Waals surface area contributed by atoms with Gasteiger partial charge in [-0.05, 0) is 77.6 Å². The highest BCUT2D eigenvalue weighted by molar-refractivity contribution is 7.46. The van der Waals surface area contributed by atoms with Crippen LogP contribution in [0.25, 0.3) is 22.3 Å². The first-order chi connectivity index (χ1) is 12.7. The Bertz CT molecular complexity index is 985. The Kier molecular flexibility index (Phi) is 4.98. The Balaban J connectivity index is 2.32. The minimum Gasteiger partial charge on any atom is -0.508 e. The largest absolute Gasteiger partial charge is 0.524 e. The Morgan fingerprint density at radius 3 is 1.59 bits per heavy atom. The van der Waals surface area contributed by atoms with Crippen molar-refractivity contribution in [1.82, 2.24) is 0 Å². The molecule has 0 spiro atoms. The van der Waals surface area contributed by atoms with E-state index in [1.807, 2.05) is 6.07 Å². The Morgan fingerprint density at radius 1 is 0.778 bits per heavy atom. The van der Waals surface area contributed by atoms with Crippen LogP contribution in [0, 0.1) is 13.8 Å². The van der Waals surface area contributed by atoms with Crippen LogP contribution < -0.4 is 4.52 Å². The van der Waals surface area contributed by atoms with Gasteiger partial charge in [-0.2, -0.15) is 0 Å². The molecular formula is C20H19O6P. The lowest BCUT2D eigenvalue weighted by molar-refractivity contribution is 0.282. The predicted octanol–water partition coefficient (Wildman–Crippen LogP) is 4.52. The molecule has 3 rings (SSSR count). The van der Waals surface area contributed by atoms with Crippen molar-refractivity contribution in [3.8, 4) is 39.5 Å². The topological polar surface area (TPSA) is 107 Å². The lowest BCUT2D eigenvalue weighted by Gasteiger charge is -2.20. The molecule has 0 aliphatic rings. The minimum absolute atomic E-state index is 0.0718. The molecule has 7 heteroatoms. The average Bonchev–Trinajstić information content (AvgIpc) is 2.58. The zero-order valence-electron chi connectivity index (χ0n) is 14.7. The van der Waals surface area contributed by atoms with Crippen LogP contribution in [0.5, 0.6) is 17.2 Å². The number of phenols is 2. The summed E-state index contributed by atoms with van der Waals surface area (Å²) in [6.45, 7) is 3.40. The van der Waals surface area contributed by atoms with E-state index in [1.54, 1.807) is 50.2 Å². The molecule has 0 aromatic heterocycles. The highest BCUT2D eigenvalue weighted by Gasteiger charge is 2.23. The zero-order chi connectivity index (χ0) is 19.8. The maximum Gasteiger partial charge on any atom is 0.524 e. The Hall–Kier alpha value is -2.79. The van der Waals surface area contributed by atoms with E-state index in [-0.39, 0.29) is 17.2 Å². The molecule has 0 radical (unpaired) electrons. The number of hydrogen-bond acceptors (Lipinski definition) is 4. The molecule has 0 heterocycles. The van der Waals surface area contributed by atoms with E-state index >= 15 is 0 Å². The van der Waals surface area contributed by atoms with E-state index in [0.717, 1.165) is 0 Å². The molecule has 0 saturated carbocycles. The van der Waals surface area contributed by atoms with Crippen LogP contribution >= 0.6 is 7.82 Å². The maximum absolute atomic E-state index is 11.5. The number of benzene rings is 3. The number of phenolic OH excluding ortho intramolecular Hbond substituents is 2. The van der Waals surface area contributed by atoms with Crippen molar-refractivity contribution in [1.29, 1.82) is 0 Å². The van der Waals surface area contributed by atoms with Gasteiger partial charge in [-0.1, -0.05) is 24.3 Å². The molecule has 3 aromatic carbocycles. The van der Waals surface area contributed by atoms with Gasteiger partial charge in [0.15, 0.2) is 0 Å². The first kappa shape index (κ1) is 19.0. The van der Waals surface area contributed by atoms with Crippen LogP contribution in [0.4, 0.5) is 0 Å². The molecule has 4 N–H and O–H groups in total. The predicted molar refractivity (Wildman–Crippen MR) is 103 cm³/mol. The van der Waals surface area contributed by atoms with Gasteiger partial charge in [0, 0.05) is 0 Å². The molecule has 3 aromatic rings. The van der Waals surface area contributed by atoms with Gasteiger partial charge in [0.2, 0.25) is 0 Å². The van der Waals surface area contributed by atoms with Crippen LogP contribution in [0.2, 0.25) is 0 Å². The van der Waals surface area contributed by atoms with Crippen LogP contribution in [0.3, 0.4) is 0 Å². The van der Waals surface area contributed by atoms with Gasteiger partial charge in [-0.3, -0.25) is 9.79 Å². The fraction of sp³-hybridized carbons (Fsp3) is 0.100. The van der Waals surface area contributed by atoms with Crippen LogP contribution in [0.1, 0.15) is 11.1 Å². The van der Waals surface area contributed by atoms with E-state index in [1.165, 1.54) is 12.1 Å². The quantitative estimate of drug-likeness (QED) is 0.491. The standard InChI is InChI=1S/C20H19O6P/c1-12-18(14-5-3-7-16(21)9-14)11-19(15-6-4-8-17(22)10-15)13(2)20(12)26-27(23,24)25/h3-11,21-22H,1-2H3,(H2,23,24,25). The highest BCUT2D eigenvalue weighted by atomic mass is 31.2. The van der Waals surface area contributed by atoms with Crippen LogP contribution in [0.15, 0.2) is 54.6 Å². The summed E-state index contributed by atoms with van der Waals surface area (Å²) in [7, 11) is -4.78. The molecule has 0 aliphatic heterocycles. The Labute approximate surface area is 156 Å². The van der Waals surface area contributed by atoms with Crippen molar-refractivity contribution < 1.29 is 29.1 Å². The van der Waals surface area contributed by atoms with Gasteiger partial charge in [0.1, 0.15) is 17.2 Å². The fourth-order valence-corrected chi connectivity index (χ4v) is 3.60. The second kappa shape index (κ2) is 7.08. The molecule has 140 valence electrons. The number of hydrogen-bond donors (Lipinski definition) is 4. The van der Waals surface area contributed by atoms with Crippen molar-refractivity contribution >= 4 is 7.82 Å². The molecule has 6 nitrogen and oxygen atoms in total. The van der Waals surface area contributed by atoms with Crippen molar-refractivity contribution in [2.45, 2.75) is 13.8 Å². The zero-order valence-corrected chi connectivity index (χ0v) is 15.6. The number of aromatic hydroxyl groups is 2. The van der Waals surface area contributed by atoms with Crippen molar-refractivity contribution in [3.05, 3.63) is 65.7 Å². The minimum atomic E-state index is -4.78. The van der Waals surface area contributed by atoms with Crippen molar-refractivity contribution in [2.24, 2.45) is 0 Å². The summed E-state index contributed by atoms with van der Waals surface area (Å²) in [5.41, 5.74) is 3.71. The molecule has 0 aliphatic carbocycles. The number of phosphoric acid groups is 1. The summed E-state index contributed by atoms with van der Waals surface area (Å²) in [5, 5.41) is 19.6. The third-order valence-corrected chi connectivity index (χ3v) is 4.72. The molecule has 0 fully saturated rings. The Morgan fingerprint density at radius 2 is 1.22 bits per heavy atom. The maximum atomic E-state index is 11.5. The SMILES string of the molecule is Cc1c(-c2cccc(O)c2)cc(-c2cccc(O)c2)c(C)c1OP(=O)(O)O. The molecule has 27 heavy (non-hydrogen) atoms. The van der Waals surface area contributed by atoms with Gasteiger partial charge in [-0.25, -0.2) is 4.57 Å². The lowest BCUT2D eigenvalue weighted by Crippen LogP contribution is -1.99. The van der Waals surface area contributed by atoms with E-state index in [0.29, 0.717) is 33.4 Å². The number of rotatable bonds is 4. The normalized spacial score (nSPS) is 11.4. The second-order valence-corrected chi connectivity index (χ2v) is 7.40. The summed E-state index contributed by atoms with van der Waals surface area (Å²) >= 11 is 0. The first-order valence-corrected chi connectivity index (χ1v) is 9.67.